The van der Waals surface area contributed by atoms with Gasteiger partial charge in [-0.25, -0.2) is 31.9 Å². The second kappa shape index (κ2) is 12.6. The monoisotopic (exact) mass is 600 g/mol. The van der Waals surface area contributed by atoms with Crippen LogP contribution in [0.1, 0.15) is 55.6 Å². The second-order valence-corrected chi connectivity index (χ2v) is 10.6. The van der Waals surface area contributed by atoms with E-state index in [0.29, 0.717) is 47.7 Å². The van der Waals surface area contributed by atoms with Gasteiger partial charge in [0.2, 0.25) is 0 Å². The minimum atomic E-state index is -4.59. The van der Waals surface area contributed by atoms with Gasteiger partial charge >= 0.3 is 6.11 Å². The molecule has 3 aromatic carbocycles. The number of benzene rings is 3. The maximum atomic E-state index is 15.1. The Bertz CT molecular complexity index is 1590. The molecule has 1 fully saturated rings. The first-order valence-corrected chi connectivity index (χ1v) is 13.8. The van der Waals surface area contributed by atoms with Crippen LogP contribution < -0.4 is 4.74 Å². The van der Waals surface area contributed by atoms with E-state index in [-0.39, 0.29) is 17.0 Å². The van der Waals surface area contributed by atoms with E-state index in [1.54, 1.807) is 12.4 Å². The van der Waals surface area contributed by atoms with Gasteiger partial charge in [-0.2, -0.15) is 8.78 Å². The van der Waals surface area contributed by atoms with Gasteiger partial charge in [0.1, 0.15) is 28.8 Å². The molecule has 0 spiro atoms. The van der Waals surface area contributed by atoms with Crippen LogP contribution in [0.25, 0.3) is 22.5 Å². The highest BCUT2D eigenvalue weighted by molar-refractivity contribution is 5.69. The van der Waals surface area contributed by atoms with Crippen LogP contribution in [0.2, 0.25) is 0 Å². The lowest BCUT2D eigenvalue weighted by molar-refractivity contribution is -0.189. The van der Waals surface area contributed by atoms with E-state index in [1.807, 2.05) is 6.08 Å². The zero-order valence-corrected chi connectivity index (χ0v) is 22.9. The number of hydrogen-bond donors (Lipinski definition) is 0. The van der Waals surface area contributed by atoms with Crippen molar-refractivity contribution in [3.05, 3.63) is 114 Å². The topological polar surface area (TPSA) is 35.0 Å². The number of rotatable bonds is 9. The summed E-state index contributed by atoms with van der Waals surface area (Å²) in [5.74, 6) is -6.66. The van der Waals surface area contributed by atoms with Gasteiger partial charge in [0, 0.05) is 29.6 Å². The van der Waals surface area contributed by atoms with Crippen LogP contribution in [-0.2, 0) is 6.11 Å². The largest absolute Gasteiger partial charge is 0.432 e. The summed E-state index contributed by atoms with van der Waals surface area (Å²) in [4.78, 5) is 8.79. The predicted molar refractivity (Wildman–Crippen MR) is 148 cm³/mol. The first-order valence-electron chi connectivity index (χ1n) is 13.8. The summed E-state index contributed by atoms with van der Waals surface area (Å²) >= 11 is 0. The predicted octanol–water partition coefficient (Wildman–Crippen LogP) is 9.87. The third-order valence-corrected chi connectivity index (χ3v) is 7.78. The van der Waals surface area contributed by atoms with Crippen LogP contribution in [0.15, 0.2) is 73.6 Å². The molecule has 0 aliphatic heterocycles. The van der Waals surface area contributed by atoms with Crippen molar-refractivity contribution < 1.29 is 35.5 Å². The molecule has 1 aliphatic carbocycles. The molecule has 1 aliphatic rings. The molecular formula is C33H27F7N2O. The van der Waals surface area contributed by atoms with E-state index in [4.69, 9.17) is 0 Å². The molecule has 0 saturated heterocycles. The van der Waals surface area contributed by atoms with E-state index in [9.17, 15) is 26.3 Å². The van der Waals surface area contributed by atoms with Gasteiger partial charge in [0.15, 0.2) is 17.5 Å². The second-order valence-electron chi connectivity index (χ2n) is 10.6. The molecule has 43 heavy (non-hydrogen) atoms. The van der Waals surface area contributed by atoms with Crippen molar-refractivity contribution in [2.45, 2.75) is 50.6 Å². The molecular weight excluding hydrogens is 573 g/mol. The SMILES string of the molecule is C=CCCC1CCC(c2cnc(-c3ccc(-c4cc(F)c(C(F)(F)Oc5ccc(F)c(F)c5)c(F)c4)c(F)c3)nc2)CC1. The van der Waals surface area contributed by atoms with E-state index >= 15 is 4.39 Å². The Balaban J connectivity index is 1.31. The van der Waals surface area contributed by atoms with Gasteiger partial charge in [-0.15, -0.1) is 6.58 Å². The minimum Gasteiger partial charge on any atom is -0.429 e. The molecule has 224 valence electrons. The summed E-state index contributed by atoms with van der Waals surface area (Å²) in [6, 6.07) is 6.41. The Labute approximate surface area is 244 Å². The van der Waals surface area contributed by atoms with Gasteiger partial charge in [-0.05, 0) is 91.8 Å². The normalized spacial score (nSPS) is 17.1. The summed E-state index contributed by atoms with van der Waals surface area (Å²) in [7, 11) is 0. The summed E-state index contributed by atoms with van der Waals surface area (Å²) < 4.78 is 105. The lowest BCUT2D eigenvalue weighted by Crippen LogP contribution is -2.25. The van der Waals surface area contributed by atoms with E-state index in [1.165, 1.54) is 12.1 Å². The molecule has 0 N–H and O–H groups in total. The number of halogens is 7. The standard InChI is InChI=1S/C33H27F7N2O/c1-2-3-4-19-5-7-20(8-6-19)23-17-41-32(42-18-23)21-9-11-25(27(35)13-21)22-14-29(37)31(30(38)15-22)33(39,40)43-24-10-12-26(34)28(36)16-24/h2,9-20H,1,3-8H2. The van der Waals surface area contributed by atoms with Crippen LogP contribution >= 0.6 is 0 Å². The maximum absolute atomic E-state index is 15.1. The molecule has 1 aromatic heterocycles. The lowest BCUT2D eigenvalue weighted by atomic mass is 9.78. The molecule has 0 radical (unpaired) electrons. The summed E-state index contributed by atoms with van der Waals surface area (Å²) in [5, 5.41) is 0. The number of ether oxygens (including phenoxy) is 1. The van der Waals surface area contributed by atoms with E-state index in [0.717, 1.165) is 50.2 Å². The first-order chi connectivity index (χ1) is 20.6. The molecule has 0 unspecified atom stereocenters. The van der Waals surface area contributed by atoms with Crippen molar-refractivity contribution in [1.82, 2.24) is 9.97 Å². The van der Waals surface area contributed by atoms with Crippen molar-refractivity contribution in [1.29, 1.82) is 0 Å². The van der Waals surface area contributed by atoms with Crippen molar-refractivity contribution >= 4 is 0 Å². The molecule has 1 heterocycles. The van der Waals surface area contributed by atoms with E-state index in [2.05, 4.69) is 21.3 Å². The Morgan fingerprint density at radius 2 is 1.42 bits per heavy atom. The van der Waals surface area contributed by atoms with Crippen molar-refractivity contribution in [3.63, 3.8) is 0 Å². The smallest absolute Gasteiger partial charge is 0.429 e. The quantitative estimate of drug-likeness (QED) is 0.142. The van der Waals surface area contributed by atoms with E-state index < -0.39 is 46.5 Å². The number of nitrogens with zero attached hydrogens (tertiary/aromatic N) is 2. The average Bonchev–Trinajstić information content (AvgIpc) is 2.97. The van der Waals surface area contributed by atoms with Gasteiger partial charge in [-0.1, -0.05) is 18.2 Å². The Kier molecular flexibility index (Phi) is 8.84. The summed E-state index contributed by atoms with van der Waals surface area (Å²) in [5.41, 5.74) is -1.02. The van der Waals surface area contributed by atoms with Crippen LogP contribution in [-0.4, -0.2) is 9.97 Å². The Morgan fingerprint density at radius 1 is 0.767 bits per heavy atom. The molecule has 10 heteroatoms. The van der Waals surface area contributed by atoms with Crippen molar-refractivity contribution in [3.8, 4) is 28.3 Å². The summed E-state index contributed by atoms with van der Waals surface area (Å²) in [6.45, 7) is 3.78. The molecule has 0 bridgehead atoms. The molecule has 0 amide bonds. The summed E-state index contributed by atoms with van der Waals surface area (Å²) in [6.07, 6.45) is 7.34. The number of hydrogen-bond acceptors (Lipinski definition) is 3. The minimum absolute atomic E-state index is 0.247. The highest BCUT2D eigenvalue weighted by Gasteiger charge is 2.41. The highest BCUT2D eigenvalue weighted by Crippen LogP contribution is 2.39. The van der Waals surface area contributed by atoms with Crippen LogP contribution in [0.5, 0.6) is 5.75 Å². The average molecular weight is 601 g/mol. The zero-order chi connectivity index (χ0) is 30.7. The van der Waals surface area contributed by atoms with Crippen molar-refractivity contribution in [2.75, 3.05) is 0 Å². The van der Waals surface area contributed by atoms with Crippen LogP contribution in [0, 0.1) is 35.0 Å². The zero-order valence-electron chi connectivity index (χ0n) is 22.9. The highest BCUT2D eigenvalue weighted by atomic mass is 19.3. The lowest BCUT2D eigenvalue weighted by Gasteiger charge is -2.28. The van der Waals surface area contributed by atoms with Crippen LogP contribution in [0.3, 0.4) is 0 Å². The first kappa shape index (κ1) is 30.3. The number of allylic oxidation sites excluding steroid dienone is 1. The fourth-order valence-corrected chi connectivity index (χ4v) is 5.47. The van der Waals surface area contributed by atoms with Gasteiger partial charge in [-0.3, -0.25) is 0 Å². The fourth-order valence-electron chi connectivity index (χ4n) is 5.47. The number of aromatic nitrogens is 2. The third-order valence-electron chi connectivity index (χ3n) is 7.78. The van der Waals surface area contributed by atoms with Crippen molar-refractivity contribution in [2.24, 2.45) is 5.92 Å². The number of alkyl halides is 2. The molecule has 3 nitrogen and oxygen atoms in total. The molecule has 4 aromatic rings. The maximum Gasteiger partial charge on any atom is 0.432 e. The fraction of sp³-hybridized carbons (Fsp3) is 0.273. The van der Waals surface area contributed by atoms with Crippen LogP contribution in [0.4, 0.5) is 30.7 Å². The Morgan fingerprint density at radius 3 is 2.02 bits per heavy atom. The molecule has 0 atom stereocenters. The molecule has 1 saturated carbocycles. The Hall–Kier alpha value is -4.21. The van der Waals surface area contributed by atoms with Gasteiger partial charge < -0.3 is 4.74 Å². The molecule has 5 rings (SSSR count). The van der Waals surface area contributed by atoms with Gasteiger partial charge in [0.05, 0.1) is 0 Å². The third kappa shape index (κ3) is 6.73. The van der Waals surface area contributed by atoms with Gasteiger partial charge in [0.25, 0.3) is 0 Å².